The van der Waals surface area contributed by atoms with Crippen molar-refractivity contribution in [2.75, 3.05) is 240 Å². The zero-order valence-corrected chi connectivity index (χ0v) is 79.3. The molecule has 10 aliphatic heterocycles. The first kappa shape index (κ1) is 98.8. The fourth-order valence-electron chi connectivity index (χ4n) is 18.7. The van der Waals surface area contributed by atoms with Crippen LogP contribution in [-0.4, -0.2) is 335 Å². The average molecular weight is 1730 g/mol. The van der Waals surface area contributed by atoms with Gasteiger partial charge in [0.1, 0.15) is 0 Å². The molecule has 1 unspecified atom stereocenters. The van der Waals surface area contributed by atoms with E-state index in [1.165, 1.54) is 35.6 Å². The van der Waals surface area contributed by atoms with E-state index in [0.29, 0.717) is 35.5 Å². The third kappa shape index (κ3) is 30.9. The van der Waals surface area contributed by atoms with Crippen LogP contribution in [0.3, 0.4) is 0 Å². The van der Waals surface area contributed by atoms with E-state index < -0.39 is 22.4 Å². The molecule has 10 aliphatic rings. The molecule has 0 amide bonds. The third-order valence-corrected chi connectivity index (χ3v) is 27.5. The van der Waals surface area contributed by atoms with Gasteiger partial charge in [-0.3, -0.25) is 44.6 Å². The van der Waals surface area contributed by atoms with Gasteiger partial charge in [-0.15, -0.1) is 0 Å². The van der Waals surface area contributed by atoms with Gasteiger partial charge in [0.05, 0.1) is 119 Å². The summed E-state index contributed by atoms with van der Waals surface area (Å²) >= 11 is 0. The van der Waals surface area contributed by atoms with Crippen LogP contribution >= 0.6 is 0 Å². The van der Waals surface area contributed by atoms with Crippen LogP contribution in [0, 0.1) is 0 Å². The van der Waals surface area contributed by atoms with E-state index in [1.54, 1.807) is 0 Å². The Balaban J connectivity index is 0.000000147. The first-order valence-electron chi connectivity index (χ1n) is 48.2. The quantitative estimate of drug-likeness (QED) is 0.0416. The van der Waals surface area contributed by atoms with Crippen LogP contribution in [0.1, 0.15) is 243 Å². The molecule has 0 bridgehead atoms. The minimum atomic E-state index is -0.556. The number of β-amino-alcohol motifs (C(OH)–C–C–N with tert-alkyl or cyclic N) is 6. The van der Waals surface area contributed by atoms with E-state index in [9.17, 15) is 30.6 Å². The van der Waals surface area contributed by atoms with Gasteiger partial charge in [0.2, 0.25) is 0 Å². The predicted molar refractivity (Wildman–Crippen MR) is 511 cm³/mol. The van der Waals surface area contributed by atoms with E-state index in [0.717, 1.165) is 319 Å². The fourth-order valence-corrected chi connectivity index (χ4v) is 18.7. The van der Waals surface area contributed by atoms with Crippen LogP contribution in [-0.2, 0) is 4.74 Å². The molecule has 10 saturated heterocycles. The van der Waals surface area contributed by atoms with Crippen LogP contribution in [0.2, 0.25) is 0 Å². The molecule has 10 fully saturated rings. The number of pyridine rings is 6. The number of likely N-dealkylation sites (tertiary alicyclic amines) is 1. The maximum Gasteiger partial charge on any atom is 0.0807 e. The number of piperidine rings is 6. The van der Waals surface area contributed by atoms with Gasteiger partial charge in [0.15, 0.2) is 0 Å². The lowest BCUT2D eigenvalue weighted by Crippen LogP contribution is -2.54. The number of hydrogen-bond donors (Lipinski definition) is 6. The molecule has 2 atom stereocenters. The van der Waals surface area contributed by atoms with Crippen LogP contribution in [0.25, 0.3) is 0 Å². The Morgan fingerprint density at radius 2 is 0.496 bits per heavy atom. The van der Waals surface area contributed by atoms with Crippen LogP contribution in [0.5, 0.6) is 0 Å². The zero-order valence-electron chi connectivity index (χ0n) is 79.3. The zero-order chi connectivity index (χ0) is 89.3. The van der Waals surface area contributed by atoms with E-state index in [4.69, 9.17) is 4.74 Å². The van der Waals surface area contributed by atoms with Gasteiger partial charge in [-0.1, -0.05) is 83.1 Å². The molecule has 6 aromatic heterocycles. The lowest BCUT2D eigenvalue weighted by molar-refractivity contribution is -0.0441. The van der Waals surface area contributed by atoms with Crippen molar-refractivity contribution < 1.29 is 35.4 Å². The summed E-state index contributed by atoms with van der Waals surface area (Å²) in [4.78, 5) is 55.3. The Morgan fingerprint density at radius 3 is 0.704 bits per heavy atom. The molecule has 16 rings (SSSR count). The number of aliphatic hydroxyl groups excluding tert-OH is 2. The molecule has 16 heterocycles. The van der Waals surface area contributed by atoms with Crippen molar-refractivity contribution in [3.05, 3.63) is 144 Å². The number of aliphatic hydroxyl groups is 6. The second kappa shape index (κ2) is 47.7. The maximum atomic E-state index is 11.0. The first-order chi connectivity index (χ1) is 59.8. The first-order valence-corrected chi connectivity index (χ1v) is 48.2. The predicted octanol–water partition coefficient (Wildman–Crippen LogP) is 12.4. The summed E-state index contributed by atoms with van der Waals surface area (Å²) in [5, 5.41) is 62.9. The molecule has 0 saturated carbocycles. The van der Waals surface area contributed by atoms with Crippen molar-refractivity contribution in [2.24, 2.45) is 0 Å². The van der Waals surface area contributed by atoms with Crippen molar-refractivity contribution in [3.63, 3.8) is 0 Å². The number of hydrogen-bond acceptors (Lipinski definition) is 25. The molecule has 0 spiro atoms. The smallest absolute Gasteiger partial charge is 0.0807 e. The van der Waals surface area contributed by atoms with Crippen molar-refractivity contribution >= 4 is 34.1 Å². The molecular formula is C100H162N18O7. The normalized spacial score (nSPS) is 22.4. The van der Waals surface area contributed by atoms with Crippen molar-refractivity contribution in [2.45, 2.75) is 243 Å². The summed E-state index contributed by atoms with van der Waals surface area (Å²) in [5.41, 5.74) is 11.7. The van der Waals surface area contributed by atoms with Gasteiger partial charge in [0.25, 0.3) is 0 Å². The highest BCUT2D eigenvalue weighted by Gasteiger charge is 2.40. The van der Waals surface area contributed by atoms with Crippen LogP contribution < -0.4 is 29.4 Å². The molecule has 6 N–H and O–H groups in total. The lowest BCUT2D eigenvalue weighted by Gasteiger charge is -2.43. The Hall–Kier alpha value is -6.82. The summed E-state index contributed by atoms with van der Waals surface area (Å²) in [6.45, 7) is 54.5. The Kier molecular flexibility index (Phi) is 37.7. The molecule has 6 aromatic rings. The van der Waals surface area contributed by atoms with Gasteiger partial charge in [-0.05, 0) is 225 Å². The number of nitrogens with zero attached hydrogens (tertiary/aromatic N) is 18. The molecule has 0 radical (unpaired) electrons. The van der Waals surface area contributed by atoms with Crippen molar-refractivity contribution in [3.8, 4) is 0 Å². The number of ether oxygens (including phenoxy) is 1. The number of piperazine rings is 2. The number of morpholine rings is 1. The number of anilines is 6. The van der Waals surface area contributed by atoms with Gasteiger partial charge >= 0.3 is 0 Å². The minimum Gasteiger partial charge on any atom is -0.391 e. The van der Waals surface area contributed by atoms with Crippen LogP contribution in [0.15, 0.2) is 110 Å². The molecule has 0 aromatic carbocycles. The summed E-state index contributed by atoms with van der Waals surface area (Å²) in [6, 6.07) is 25.6. The molecule has 25 nitrogen and oxygen atoms in total. The van der Waals surface area contributed by atoms with E-state index in [2.05, 4.69) is 259 Å². The number of rotatable bonds is 20. The second-order valence-electron chi connectivity index (χ2n) is 39.9. The topological polar surface area (TPSA) is 247 Å². The average Bonchev–Trinajstić information content (AvgIpc) is 1.75. The standard InChI is InChI=1S/2C19H32N4O.C18H29N3O2.C18H29N3O.2C13H20N2O/c2*1-16(2)18-5-4-17(14-20-18)23-8-6-19(24,7-9-23)15-22-12-10-21(3)11-13-22;1-15(2)17-4-3-16(13-19-17)21-7-5-18(22,6-8-21)14-20-9-11-23-12-10-20;1-15(2)17-6-5-16(13-19-17)21-11-7-18(22,8-12-21)14-20-9-3-4-10-20;2*1-10(2)13-6-5-11(8-14-13)15-7-3-4-12(16)9-15/h2*4-5,14,16,24H,6-13,15H2,1-3H3;3-4,13,15,22H,5-12,14H2,1-2H3;5-6,13,15,22H,3-4,7-12,14H2,1-2H3;2*5-6,8,10,12,16H,3-4,7,9H2,1-2H3/t;;;;12-;/m....0./s1. The largest absolute Gasteiger partial charge is 0.391 e. The van der Waals surface area contributed by atoms with Crippen molar-refractivity contribution in [1.82, 2.24) is 59.3 Å². The maximum absolute atomic E-state index is 11.0. The molecule has 0 aliphatic carbocycles. The number of likely N-dealkylation sites (N-methyl/N-ethyl adjacent to an activating group) is 2. The highest BCUT2D eigenvalue weighted by Crippen LogP contribution is 2.35. The lowest BCUT2D eigenvalue weighted by atomic mass is 9.90. The minimum absolute atomic E-state index is 0.182. The Bertz CT molecular complexity index is 3830. The highest BCUT2D eigenvalue weighted by atomic mass is 16.5. The van der Waals surface area contributed by atoms with Gasteiger partial charge in [-0.25, -0.2) is 0 Å². The molecular weight excluding hydrogens is 1570 g/mol. The third-order valence-electron chi connectivity index (χ3n) is 27.5. The van der Waals surface area contributed by atoms with E-state index in [1.807, 2.05) is 37.2 Å². The SMILES string of the molecule is CC(C)c1ccc(N2CCC(O)(CN3CCCC3)CC2)cn1.CC(C)c1ccc(N2CCC(O)(CN3CCN(C)CC3)CC2)cn1.CC(C)c1ccc(N2CCC(O)(CN3CCN(C)CC3)CC2)cn1.CC(C)c1ccc(N2CCC(O)(CN3CCOCC3)CC2)cn1.CC(C)c1ccc(N2CCCC(O)C2)cn1.CC(C)c1ccc(N2CCC[C@H](O)C2)cn1. The summed E-state index contributed by atoms with van der Waals surface area (Å²) in [5.74, 6) is 2.81. The van der Waals surface area contributed by atoms with E-state index >= 15 is 0 Å². The summed E-state index contributed by atoms with van der Waals surface area (Å²) in [7, 11) is 4.34. The van der Waals surface area contributed by atoms with Gasteiger partial charge in [-0.2, -0.15) is 0 Å². The highest BCUT2D eigenvalue weighted by molar-refractivity contribution is 5.50. The molecule has 25 heteroatoms. The van der Waals surface area contributed by atoms with Gasteiger partial charge < -0.3 is 79.5 Å². The fraction of sp³-hybridized carbons (Fsp3) is 0.700. The molecule has 125 heavy (non-hydrogen) atoms. The van der Waals surface area contributed by atoms with Crippen LogP contribution in [0.4, 0.5) is 34.1 Å². The Labute approximate surface area is 752 Å². The monoisotopic (exact) mass is 1730 g/mol. The summed E-state index contributed by atoms with van der Waals surface area (Å²) in [6.07, 6.45) is 24.7. The summed E-state index contributed by atoms with van der Waals surface area (Å²) < 4.78 is 5.38. The number of aromatic nitrogens is 6. The van der Waals surface area contributed by atoms with Crippen molar-refractivity contribution in [1.29, 1.82) is 0 Å². The van der Waals surface area contributed by atoms with E-state index in [-0.39, 0.29) is 12.2 Å². The second-order valence-corrected chi connectivity index (χ2v) is 39.9. The van der Waals surface area contributed by atoms with Gasteiger partial charge in [0, 0.05) is 204 Å². The molecule has 694 valence electrons. The Morgan fingerprint density at radius 1 is 0.280 bits per heavy atom.